The number of benzene rings is 2. The summed E-state index contributed by atoms with van der Waals surface area (Å²) in [5.41, 5.74) is -2.03. The Bertz CT molecular complexity index is 716. The second kappa shape index (κ2) is 7.69. The fourth-order valence-electron chi connectivity index (χ4n) is 2.13. The maximum atomic E-state index is 12.9. The Morgan fingerprint density at radius 2 is 1.19 bits per heavy atom. The fraction of sp³-hybridized carbons (Fsp3) is 0.294. The van der Waals surface area contributed by atoms with E-state index in [-0.39, 0.29) is 16.7 Å². The van der Waals surface area contributed by atoms with Gasteiger partial charge in [0, 0.05) is 16.7 Å². The number of halogens is 6. The van der Waals surface area contributed by atoms with Crippen molar-refractivity contribution in [1.82, 2.24) is 0 Å². The van der Waals surface area contributed by atoms with Gasteiger partial charge in [0.2, 0.25) is 0 Å². The van der Waals surface area contributed by atoms with Crippen LogP contribution in [0, 0.1) is 0 Å². The Hall–Kier alpha value is -2.03. The van der Waals surface area contributed by atoms with Crippen molar-refractivity contribution in [3.63, 3.8) is 0 Å². The molecule has 2 aromatic rings. The van der Waals surface area contributed by atoms with E-state index in [0.717, 1.165) is 11.8 Å². The summed E-state index contributed by atoms with van der Waals surface area (Å²) in [5, 5.41) is 0. The summed E-state index contributed by atoms with van der Waals surface area (Å²) in [6, 6.07) is 6.40. The number of thioether (sulfide) groups is 1. The van der Waals surface area contributed by atoms with Crippen molar-refractivity contribution in [2.45, 2.75) is 23.0 Å². The summed E-state index contributed by atoms with van der Waals surface area (Å²) < 4.78 is 87.5. The first kappa shape index (κ1) is 20.3. The molecular formula is C17H14F6O2S. The molecule has 26 heavy (non-hydrogen) atoms. The molecule has 0 saturated carbocycles. The van der Waals surface area contributed by atoms with Crippen LogP contribution in [-0.4, -0.2) is 14.2 Å². The first-order valence-corrected chi connectivity index (χ1v) is 8.15. The fourth-order valence-corrected chi connectivity index (χ4v) is 3.05. The first-order chi connectivity index (χ1) is 12.0. The standard InChI is InChI=1S/C17H14F6O2S/c1-24-13-3-10(4-14(8-13)25-2)9-26-15-6-11(16(18,19)20)5-12(7-15)17(21,22)23/h3-8H,9H2,1-2H3. The third kappa shape index (κ3) is 5.23. The highest BCUT2D eigenvalue weighted by atomic mass is 32.2. The van der Waals surface area contributed by atoms with Gasteiger partial charge in [-0.1, -0.05) is 0 Å². The molecule has 2 nitrogen and oxygen atoms in total. The highest BCUT2D eigenvalue weighted by molar-refractivity contribution is 7.98. The smallest absolute Gasteiger partial charge is 0.416 e. The van der Waals surface area contributed by atoms with Gasteiger partial charge in [0.25, 0.3) is 0 Å². The predicted octanol–water partition coefficient (Wildman–Crippen LogP) is 6.03. The third-order valence-electron chi connectivity index (χ3n) is 3.38. The number of hydrogen-bond donors (Lipinski definition) is 0. The Morgan fingerprint density at radius 1 is 0.731 bits per heavy atom. The molecule has 2 rings (SSSR count). The average molecular weight is 396 g/mol. The van der Waals surface area contributed by atoms with Gasteiger partial charge in [-0.3, -0.25) is 0 Å². The molecule has 0 aliphatic carbocycles. The Labute approximate surface area is 150 Å². The van der Waals surface area contributed by atoms with Crippen LogP contribution in [0.25, 0.3) is 0 Å². The number of hydrogen-bond acceptors (Lipinski definition) is 3. The lowest BCUT2D eigenvalue weighted by atomic mass is 10.1. The van der Waals surface area contributed by atoms with Gasteiger partial charge < -0.3 is 9.47 Å². The van der Waals surface area contributed by atoms with E-state index in [1.54, 1.807) is 18.2 Å². The Kier molecular flexibility index (Phi) is 6.00. The third-order valence-corrected chi connectivity index (χ3v) is 4.42. The van der Waals surface area contributed by atoms with Crippen molar-refractivity contribution < 1.29 is 35.8 Å². The summed E-state index contributed by atoms with van der Waals surface area (Å²) >= 11 is 0.861. The lowest BCUT2D eigenvalue weighted by Crippen LogP contribution is -2.10. The van der Waals surface area contributed by atoms with Crippen LogP contribution in [0.15, 0.2) is 41.3 Å². The average Bonchev–Trinajstić information content (AvgIpc) is 2.57. The molecule has 0 bridgehead atoms. The molecule has 2 aromatic carbocycles. The molecule has 0 aliphatic rings. The second-order valence-corrected chi connectivity index (χ2v) is 6.30. The van der Waals surface area contributed by atoms with Crippen LogP contribution in [0.4, 0.5) is 26.3 Å². The number of alkyl halides is 6. The van der Waals surface area contributed by atoms with E-state index in [1.807, 2.05) is 0 Å². The van der Waals surface area contributed by atoms with E-state index >= 15 is 0 Å². The quantitative estimate of drug-likeness (QED) is 0.454. The van der Waals surface area contributed by atoms with E-state index in [0.29, 0.717) is 29.2 Å². The minimum absolute atomic E-state index is 0.110. The summed E-state index contributed by atoms with van der Waals surface area (Å²) in [5.74, 6) is 1.09. The van der Waals surface area contributed by atoms with Crippen LogP contribution in [0.2, 0.25) is 0 Å². The van der Waals surface area contributed by atoms with Crippen molar-refractivity contribution in [3.05, 3.63) is 53.1 Å². The zero-order valence-electron chi connectivity index (χ0n) is 13.7. The highest BCUT2D eigenvalue weighted by Gasteiger charge is 2.36. The number of ether oxygens (including phenoxy) is 2. The summed E-state index contributed by atoms with van der Waals surface area (Å²) in [7, 11) is 2.88. The predicted molar refractivity (Wildman–Crippen MR) is 85.6 cm³/mol. The monoisotopic (exact) mass is 396 g/mol. The molecule has 0 radical (unpaired) electrons. The molecule has 0 atom stereocenters. The molecule has 142 valence electrons. The van der Waals surface area contributed by atoms with Crippen molar-refractivity contribution in [2.24, 2.45) is 0 Å². The van der Waals surface area contributed by atoms with E-state index in [2.05, 4.69) is 0 Å². The molecule has 0 heterocycles. The molecule has 0 unspecified atom stereocenters. The zero-order chi connectivity index (χ0) is 19.5. The van der Waals surface area contributed by atoms with Crippen molar-refractivity contribution >= 4 is 11.8 Å². The van der Waals surface area contributed by atoms with E-state index in [4.69, 9.17) is 9.47 Å². The number of methoxy groups -OCH3 is 2. The van der Waals surface area contributed by atoms with Gasteiger partial charge in [-0.25, -0.2) is 0 Å². The topological polar surface area (TPSA) is 18.5 Å². The van der Waals surface area contributed by atoms with Gasteiger partial charge in [-0.2, -0.15) is 26.3 Å². The molecule has 0 aromatic heterocycles. The summed E-state index contributed by atoms with van der Waals surface area (Å²) in [4.78, 5) is -0.131. The van der Waals surface area contributed by atoms with Gasteiger partial charge in [-0.15, -0.1) is 11.8 Å². The van der Waals surface area contributed by atoms with Gasteiger partial charge >= 0.3 is 12.4 Å². The zero-order valence-corrected chi connectivity index (χ0v) is 14.5. The van der Waals surface area contributed by atoms with Crippen LogP contribution in [0.3, 0.4) is 0 Å². The number of rotatable bonds is 5. The molecule has 0 aliphatic heterocycles. The van der Waals surface area contributed by atoms with Gasteiger partial charge in [0.15, 0.2) is 0 Å². The van der Waals surface area contributed by atoms with E-state index in [1.165, 1.54) is 14.2 Å². The Morgan fingerprint density at radius 3 is 1.58 bits per heavy atom. The maximum absolute atomic E-state index is 12.9. The highest BCUT2D eigenvalue weighted by Crippen LogP contribution is 2.39. The van der Waals surface area contributed by atoms with Crippen LogP contribution in [0.1, 0.15) is 16.7 Å². The van der Waals surface area contributed by atoms with Crippen LogP contribution < -0.4 is 9.47 Å². The minimum atomic E-state index is -4.87. The molecule has 0 saturated heterocycles. The second-order valence-electron chi connectivity index (χ2n) is 5.25. The maximum Gasteiger partial charge on any atom is 0.416 e. The lowest BCUT2D eigenvalue weighted by molar-refractivity contribution is -0.143. The van der Waals surface area contributed by atoms with Gasteiger partial charge in [0.05, 0.1) is 25.3 Å². The normalized spacial score (nSPS) is 12.2. The molecule has 9 heteroatoms. The first-order valence-electron chi connectivity index (χ1n) is 7.17. The molecule has 0 amide bonds. The van der Waals surface area contributed by atoms with Crippen molar-refractivity contribution in [1.29, 1.82) is 0 Å². The van der Waals surface area contributed by atoms with E-state index < -0.39 is 23.5 Å². The van der Waals surface area contributed by atoms with Crippen LogP contribution >= 0.6 is 11.8 Å². The molecule has 0 fully saturated rings. The molecule has 0 spiro atoms. The van der Waals surface area contributed by atoms with Gasteiger partial charge in [0.1, 0.15) is 11.5 Å². The molecular weight excluding hydrogens is 382 g/mol. The van der Waals surface area contributed by atoms with Crippen molar-refractivity contribution in [3.8, 4) is 11.5 Å². The van der Waals surface area contributed by atoms with Crippen LogP contribution in [-0.2, 0) is 18.1 Å². The summed E-state index contributed by atoms with van der Waals surface area (Å²) in [6.07, 6.45) is -9.73. The lowest BCUT2D eigenvalue weighted by Gasteiger charge is -2.14. The molecule has 0 N–H and O–H groups in total. The van der Waals surface area contributed by atoms with Gasteiger partial charge in [-0.05, 0) is 35.9 Å². The summed E-state index contributed by atoms with van der Waals surface area (Å²) in [6.45, 7) is 0. The minimum Gasteiger partial charge on any atom is -0.497 e. The van der Waals surface area contributed by atoms with E-state index in [9.17, 15) is 26.3 Å². The van der Waals surface area contributed by atoms with Crippen molar-refractivity contribution in [2.75, 3.05) is 14.2 Å². The SMILES string of the molecule is COc1cc(CSc2cc(C(F)(F)F)cc(C(F)(F)F)c2)cc(OC)c1. The Balaban J connectivity index is 2.32. The largest absolute Gasteiger partial charge is 0.497 e. The van der Waals surface area contributed by atoms with Crippen LogP contribution in [0.5, 0.6) is 11.5 Å².